The van der Waals surface area contributed by atoms with Gasteiger partial charge in [0.15, 0.2) is 22.1 Å². The van der Waals surface area contributed by atoms with Crippen LogP contribution in [0.5, 0.6) is 0 Å². The van der Waals surface area contributed by atoms with Crippen molar-refractivity contribution in [1.82, 2.24) is 29.0 Å². The Morgan fingerprint density at radius 2 is 2.10 bits per heavy atom. The minimum Gasteiger partial charge on any atom is -0.315 e. The monoisotopic (exact) mass is 417 g/mol. The van der Waals surface area contributed by atoms with Crippen molar-refractivity contribution in [2.24, 2.45) is 14.1 Å². The number of rotatable bonds is 5. The highest BCUT2D eigenvalue weighted by molar-refractivity contribution is 7.14. The maximum Gasteiger partial charge on any atom is 0.332 e. The van der Waals surface area contributed by atoms with Crippen molar-refractivity contribution in [1.29, 1.82) is 0 Å². The summed E-state index contributed by atoms with van der Waals surface area (Å²) in [6, 6.07) is -0.221. The zero-order chi connectivity index (χ0) is 20.7. The Morgan fingerprint density at radius 1 is 1.31 bits per heavy atom. The van der Waals surface area contributed by atoms with Gasteiger partial charge in [0, 0.05) is 19.5 Å². The molecular weight excluding hydrogens is 398 g/mol. The van der Waals surface area contributed by atoms with E-state index in [4.69, 9.17) is 0 Å². The highest BCUT2D eigenvalue weighted by Crippen LogP contribution is 2.19. The molecule has 0 spiro atoms. The first-order valence-electron chi connectivity index (χ1n) is 9.00. The molecule has 2 N–H and O–H groups in total. The molecule has 1 aliphatic rings. The lowest BCUT2D eigenvalue weighted by Crippen LogP contribution is -2.37. The van der Waals surface area contributed by atoms with Gasteiger partial charge in [0.05, 0.1) is 12.4 Å². The Balaban J connectivity index is 1.52. The van der Waals surface area contributed by atoms with Crippen LogP contribution >= 0.6 is 11.3 Å². The summed E-state index contributed by atoms with van der Waals surface area (Å²) in [6.07, 6.45) is 3.07. The standard InChI is InChI=1S/C17H19N7O4S/c1-22-14-12(15(27)23(2)17(22)28)24(8-19-14)6-11(25)21-16-20-10(7-29-16)13(26)9-4-3-5-18-9/h7-9,18H,3-6H2,1-2H3,(H,20,21,25). The molecule has 3 aromatic rings. The van der Waals surface area contributed by atoms with Crippen LogP contribution in [0.15, 0.2) is 21.3 Å². The van der Waals surface area contributed by atoms with E-state index < -0.39 is 17.2 Å². The zero-order valence-corrected chi connectivity index (χ0v) is 16.7. The molecule has 1 unspecified atom stereocenters. The SMILES string of the molecule is Cn1c(=O)c2c(ncn2CC(=O)Nc2nc(C(=O)C3CCCN3)cs2)n(C)c1=O. The quantitative estimate of drug-likeness (QED) is 0.533. The van der Waals surface area contributed by atoms with E-state index in [0.717, 1.165) is 35.3 Å². The Labute approximate surface area is 168 Å². The molecule has 152 valence electrons. The van der Waals surface area contributed by atoms with Crippen LogP contribution in [0.3, 0.4) is 0 Å². The maximum absolute atomic E-state index is 12.4. The van der Waals surface area contributed by atoms with Crippen molar-refractivity contribution in [3.05, 3.63) is 38.2 Å². The van der Waals surface area contributed by atoms with E-state index in [0.29, 0.717) is 10.8 Å². The van der Waals surface area contributed by atoms with Crippen molar-refractivity contribution >= 4 is 39.3 Å². The lowest BCUT2D eigenvalue weighted by atomic mass is 10.1. The molecule has 4 heterocycles. The van der Waals surface area contributed by atoms with Gasteiger partial charge in [0.1, 0.15) is 12.2 Å². The molecule has 29 heavy (non-hydrogen) atoms. The number of Topliss-reactive ketones (excluding diaryl/α,β-unsaturated/α-hetero) is 1. The first-order chi connectivity index (χ1) is 13.9. The van der Waals surface area contributed by atoms with Gasteiger partial charge in [0.2, 0.25) is 5.91 Å². The van der Waals surface area contributed by atoms with Gasteiger partial charge in [-0.05, 0) is 19.4 Å². The topological polar surface area (TPSA) is 133 Å². The van der Waals surface area contributed by atoms with Crippen LogP contribution in [0.1, 0.15) is 23.3 Å². The predicted molar refractivity (Wildman–Crippen MR) is 106 cm³/mol. The number of nitrogens with zero attached hydrogens (tertiary/aromatic N) is 5. The Hall–Kier alpha value is -3.12. The van der Waals surface area contributed by atoms with Gasteiger partial charge in [-0.1, -0.05) is 0 Å². The molecule has 11 nitrogen and oxygen atoms in total. The summed E-state index contributed by atoms with van der Waals surface area (Å²) in [5.41, 5.74) is -0.334. The first kappa shape index (κ1) is 19.2. The molecule has 1 aliphatic heterocycles. The Bertz CT molecular complexity index is 1230. The van der Waals surface area contributed by atoms with Crippen LogP contribution in [0.25, 0.3) is 11.2 Å². The summed E-state index contributed by atoms with van der Waals surface area (Å²) < 4.78 is 3.60. The van der Waals surface area contributed by atoms with Crippen LogP contribution in [0.2, 0.25) is 0 Å². The average molecular weight is 417 g/mol. The number of ketones is 1. The summed E-state index contributed by atoms with van der Waals surface area (Å²) in [5, 5.41) is 7.70. The number of nitrogens with one attached hydrogen (secondary N) is 2. The van der Waals surface area contributed by atoms with Gasteiger partial charge in [-0.15, -0.1) is 11.3 Å². The van der Waals surface area contributed by atoms with Gasteiger partial charge in [0.25, 0.3) is 5.56 Å². The molecule has 0 saturated carbocycles. The number of carbonyl (C=O) groups excluding carboxylic acids is 2. The molecule has 0 bridgehead atoms. The number of anilines is 1. The van der Waals surface area contributed by atoms with Crippen LogP contribution < -0.4 is 21.9 Å². The largest absolute Gasteiger partial charge is 0.332 e. The van der Waals surface area contributed by atoms with Crippen molar-refractivity contribution < 1.29 is 9.59 Å². The van der Waals surface area contributed by atoms with Crippen LogP contribution in [0.4, 0.5) is 5.13 Å². The molecular formula is C17H19N7O4S. The maximum atomic E-state index is 12.4. The molecule has 1 fully saturated rings. The van der Waals surface area contributed by atoms with Gasteiger partial charge < -0.3 is 15.2 Å². The molecule has 0 aromatic carbocycles. The van der Waals surface area contributed by atoms with Crippen molar-refractivity contribution in [2.45, 2.75) is 25.4 Å². The summed E-state index contributed by atoms with van der Waals surface area (Å²) in [5.74, 6) is -0.503. The van der Waals surface area contributed by atoms with Gasteiger partial charge in [-0.25, -0.2) is 14.8 Å². The summed E-state index contributed by atoms with van der Waals surface area (Å²) in [4.78, 5) is 57.5. The highest BCUT2D eigenvalue weighted by atomic mass is 32.1. The number of hydrogen-bond donors (Lipinski definition) is 2. The van der Waals surface area contributed by atoms with E-state index in [2.05, 4.69) is 20.6 Å². The van der Waals surface area contributed by atoms with Crippen LogP contribution in [-0.2, 0) is 25.4 Å². The number of aromatic nitrogens is 5. The molecule has 3 aromatic heterocycles. The number of fused-ring (bicyclic) bond motifs is 1. The second-order valence-electron chi connectivity index (χ2n) is 6.85. The molecule has 0 aliphatic carbocycles. The molecule has 1 saturated heterocycles. The number of amides is 1. The third-order valence-corrected chi connectivity index (χ3v) is 5.67. The third kappa shape index (κ3) is 3.40. The lowest BCUT2D eigenvalue weighted by molar-refractivity contribution is -0.116. The van der Waals surface area contributed by atoms with Crippen molar-refractivity contribution in [3.8, 4) is 0 Å². The lowest BCUT2D eigenvalue weighted by Gasteiger charge is -2.07. The van der Waals surface area contributed by atoms with E-state index in [-0.39, 0.29) is 29.5 Å². The van der Waals surface area contributed by atoms with E-state index in [1.807, 2.05) is 0 Å². The average Bonchev–Trinajstić information content (AvgIpc) is 3.45. The zero-order valence-electron chi connectivity index (χ0n) is 15.8. The van der Waals surface area contributed by atoms with Crippen LogP contribution in [0, 0.1) is 0 Å². The molecule has 0 radical (unpaired) electrons. The number of aryl methyl sites for hydroxylation is 1. The predicted octanol–water partition coefficient (Wildman–Crippen LogP) is -0.536. The molecule has 1 amide bonds. The minimum absolute atomic E-state index is 0.0794. The first-order valence-corrected chi connectivity index (χ1v) is 9.88. The summed E-state index contributed by atoms with van der Waals surface area (Å²) >= 11 is 1.16. The van der Waals surface area contributed by atoms with Crippen LogP contribution in [-0.4, -0.2) is 47.9 Å². The van der Waals surface area contributed by atoms with Crippen molar-refractivity contribution in [2.75, 3.05) is 11.9 Å². The number of carbonyl (C=O) groups is 2. The second-order valence-corrected chi connectivity index (χ2v) is 7.71. The number of imidazole rings is 1. The summed E-state index contributed by atoms with van der Waals surface area (Å²) in [6.45, 7) is 0.630. The van der Waals surface area contributed by atoms with E-state index >= 15 is 0 Å². The molecule has 4 rings (SSSR count). The fourth-order valence-corrected chi connectivity index (χ4v) is 4.08. The minimum atomic E-state index is -0.528. The number of thiazole rings is 1. The Kier molecular flexibility index (Phi) is 4.88. The molecule has 12 heteroatoms. The number of hydrogen-bond acceptors (Lipinski definition) is 8. The van der Waals surface area contributed by atoms with Gasteiger partial charge >= 0.3 is 5.69 Å². The fourth-order valence-electron chi connectivity index (χ4n) is 3.36. The third-order valence-electron chi connectivity index (χ3n) is 4.91. The van der Waals surface area contributed by atoms with Crippen molar-refractivity contribution in [3.63, 3.8) is 0 Å². The normalized spacial score (nSPS) is 16.4. The fraction of sp³-hybridized carbons (Fsp3) is 0.412. The van der Waals surface area contributed by atoms with E-state index in [9.17, 15) is 19.2 Å². The second kappa shape index (κ2) is 7.37. The van der Waals surface area contributed by atoms with Gasteiger partial charge in [-0.3, -0.25) is 23.5 Å². The smallest absolute Gasteiger partial charge is 0.315 e. The Morgan fingerprint density at radius 3 is 2.83 bits per heavy atom. The highest BCUT2D eigenvalue weighted by Gasteiger charge is 2.25. The van der Waals surface area contributed by atoms with E-state index in [1.165, 1.54) is 29.6 Å². The summed E-state index contributed by atoms with van der Waals surface area (Å²) in [7, 11) is 2.88. The van der Waals surface area contributed by atoms with Gasteiger partial charge in [-0.2, -0.15) is 0 Å². The van der Waals surface area contributed by atoms with E-state index in [1.54, 1.807) is 5.38 Å². The molecule has 1 atom stereocenters.